The monoisotopic (exact) mass is 152 g/mol. The highest BCUT2D eigenvalue weighted by atomic mass is 32.1. The van der Waals surface area contributed by atoms with E-state index in [9.17, 15) is 0 Å². The van der Waals surface area contributed by atoms with E-state index < -0.39 is 0 Å². The Kier molecular flexibility index (Phi) is 2.45. The van der Waals surface area contributed by atoms with E-state index in [1.807, 2.05) is 24.3 Å². The summed E-state index contributed by atoms with van der Waals surface area (Å²) in [5.41, 5.74) is 0.861. The van der Waals surface area contributed by atoms with Crippen molar-refractivity contribution in [2.75, 3.05) is 7.05 Å². The van der Waals surface area contributed by atoms with Crippen molar-refractivity contribution in [3.63, 3.8) is 0 Å². The van der Waals surface area contributed by atoms with Crippen molar-refractivity contribution in [1.82, 2.24) is 0 Å². The molecule has 0 saturated carbocycles. The molecule has 0 atom stereocenters. The van der Waals surface area contributed by atoms with E-state index in [0.29, 0.717) is 0 Å². The number of benzene rings is 1. The number of hydrogen-bond donors (Lipinski definition) is 1. The first-order valence-electron chi connectivity index (χ1n) is 2.92. The van der Waals surface area contributed by atoms with E-state index in [-0.39, 0.29) is 0 Å². The van der Waals surface area contributed by atoms with Gasteiger partial charge in [0.15, 0.2) is 0 Å². The van der Waals surface area contributed by atoms with Crippen LogP contribution in [0.5, 0.6) is 0 Å². The Balaban J connectivity index is 2.89. The number of hydrogen-bond acceptors (Lipinski definition) is 3. The normalized spacial score (nSPS) is 10.6. The van der Waals surface area contributed by atoms with Gasteiger partial charge in [-0.15, -0.1) is 12.6 Å². The van der Waals surface area contributed by atoms with Crippen LogP contribution in [0.25, 0.3) is 0 Å². The Hall–Kier alpha value is -0.830. The first-order chi connectivity index (χ1) is 4.83. The van der Waals surface area contributed by atoms with Crippen LogP contribution in [0.4, 0.5) is 5.69 Å². The minimum atomic E-state index is 0.861. The summed E-state index contributed by atoms with van der Waals surface area (Å²) < 4.78 is 0. The van der Waals surface area contributed by atoms with E-state index in [0.717, 1.165) is 10.6 Å². The van der Waals surface area contributed by atoms with Gasteiger partial charge in [0.25, 0.3) is 0 Å². The third-order valence-corrected chi connectivity index (χ3v) is 1.36. The van der Waals surface area contributed by atoms with E-state index in [1.165, 1.54) is 0 Å². The summed E-state index contributed by atoms with van der Waals surface area (Å²) in [6.45, 7) is 0. The summed E-state index contributed by atoms with van der Waals surface area (Å²) in [4.78, 5) is 0.940. The molecule has 1 aromatic carbocycles. The molecule has 0 fully saturated rings. The average Bonchev–Trinajstić information content (AvgIpc) is 1.95. The predicted octanol–water partition coefficient (Wildman–Crippen LogP) is 2.69. The minimum absolute atomic E-state index is 0.861. The molecule has 3 heteroatoms. The smallest absolute Gasteiger partial charge is 0.0853 e. The van der Waals surface area contributed by atoms with Gasteiger partial charge >= 0.3 is 0 Å². The molecule has 0 aliphatic rings. The van der Waals surface area contributed by atoms with Crippen LogP contribution in [-0.2, 0) is 0 Å². The molecule has 0 radical (unpaired) electrons. The Labute approximate surface area is 65.4 Å². The summed E-state index contributed by atoms with van der Waals surface area (Å²) in [7, 11) is 1.65. The second-order valence-corrected chi connectivity index (χ2v) is 2.33. The highest BCUT2D eigenvalue weighted by Gasteiger charge is 1.85. The van der Waals surface area contributed by atoms with Crippen molar-refractivity contribution in [2.45, 2.75) is 4.90 Å². The maximum Gasteiger partial charge on any atom is 0.0853 e. The Bertz CT molecular complexity index is 228. The van der Waals surface area contributed by atoms with Gasteiger partial charge in [0, 0.05) is 11.9 Å². The molecule has 0 saturated heterocycles. The number of rotatable bonds is 1. The lowest BCUT2D eigenvalue weighted by Crippen LogP contribution is -1.63. The van der Waals surface area contributed by atoms with Crippen LogP contribution in [0.1, 0.15) is 0 Å². The molecular weight excluding hydrogens is 144 g/mol. The topological polar surface area (TPSA) is 24.7 Å². The van der Waals surface area contributed by atoms with Crippen LogP contribution >= 0.6 is 12.6 Å². The summed E-state index contributed by atoms with van der Waals surface area (Å²) in [6, 6.07) is 7.50. The Morgan fingerprint density at radius 3 is 2.30 bits per heavy atom. The van der Waals surface area contributed by atoms with Crippen molar-refractivity contribution >= 4 is 18.3 Å². The number of azo groups is 1. The SMILES string of the molecule is CN=Nc1ccc(S)cc1. The van der Waals surface area contributed by atoms with Crippen LogP contribution in [-0.4, -0.2) is 7.05 Å². The fourth-order valence-electron chi connectivity index (χ4n) is 0.635. The lowest BCUT2D eigenvalue weighted by atomic mass is 10.3. The molecule has 0 N–H and O–H groups in total. The molecule has 1 aromatic rings. The van der Waals surface area contributed by atoms with Crippen molar-refractivity contribution in [2.24, 2.45) is 10.2 Å². The van der Waals surface area contributed by atoms with Crippen molar-refractivity contribution in [3.8, 4) is 0 Å². The highest BCUT2D eigenvalue weighted by Crippen LogP contribution is 2.14. The van der Waals surface area contributed by atoms with E-state index in [4.69, 9.17) is 0 Å². The van der Waals surface area contributed by atoms with Gasteiger partial charge in [-0.05, 0) is 24.3 Å². The first kappa shape index (κ1) is 7.28. The second kappa shape index (κ2) is 3.37. The molecule has 2 nitrogen and oxygen atoms in total. The number of nitrogens with zero attached hydrogens (tertiary/aromatic N) is 2. The lowest BCUT2D eigenvalue weighted by Gasteiger charge is -1.90. The lowest BCUT2D eigenvalue weighted by molar-refractivity contribution is 1.16. The summed E-state index contributed by atoms with van der Waals surface area (Å²) in [5.74, 6) is 0. The minimum Gasteiger partial charge on any atom is -0.192 e. The second-order valence-electron chi connectivity index (χ2n) is 1.82. The van der Waals surface area contributed by atoms with Gasteiger partial charge in [0.1, 0.15) is 0 Å². The fourth-order valence-corrected chi connectivity index (χ4v) is 0.784. The van der Waals surface area contributed by atoms with Crippen LogP contribution in [0.2, 0.25) is 0 Å². The van der Waals surface area contributed by atoms with E-state index in [2.05, 4.69) is 22.9 Å². The van der Waals surface area contributed by atoms with Crippen molar-refractivity contribution < 1.29 is 0 Å². The molecule has 52 valence electrons. The van der Waals surface area contributed by atoms with Crippen LogP contribution in [0.3, 0.4) is 0 Å². The Morgan fingerprint density at radius 2 is 1.80 bits per heavy atom. The number of thiol groups is 1. The van der Waals surface area contributed by atoms with Gasteiger partial charge < -0.3 is 0 Å². The Morgan fingerprint density at radius 1 is 1.20 bits per heavy atom. The molecular formula is C7H8N2S. The van der Waals surface area contributed by atoms with Gasteiger partial charge in [-0.3, -0.25) is 0 Å². The third kappa shape index (κ3) is 1.84. The molecule has 1 rings (SSSR count). The molecule has 0 unspecified atom stereocenters. The molecule has 10 heavy (non-hydrogen) atoms. The van der Waals surface area contributed by atoms with Crippen LogP contribution in [0, 0.1) is 0 Å². The molecule has 0 heterocycles. The van der Waals surface area contributed by atoms with Crippen molar-refractivity contribution in [1.29, 1.82) is 0 Å². The highest BCUT2D eigenvalue weighted by molar-refractivity contribution is 7.80. The summed E-state index contributed by atoms with van der Waals surface area (Å²) in [5, 5.41) is 7.47. The zero-order valence-corrected chi connectivity index (χ0v) is 6.55. The maximum absolute atomic E-state index is 4.13. The summed E-state index contributed by atoms with van der Waals surface area (Å²) in [6.07, 6.45) is 0. The summed E-state index contributed by atoms with van der Waals surface area (Å²) >= 11 is 4.13. The standard InChI is InChI=1S/C7H8N2S/c1-8-9-6-2-4-7(10)5-3-6/h2-5,10H,1H3. The molecule has 0 bridgehead atoms. The van der Waals surface area contributed by atoms with Gasteiger partial charge in [-0.2, -0.15) is 10.2 Å². The molecule has 0 spiro atoms. The molecule has 0 aliphatic heterocycles. The predicted molar refractivity (Wildman–Crippen MR) is 44.1 cm³/mol. The van der Waals surface area contributed by atoms with Gasteiger partial charge in [0.2, 0.25) is 0 Å². The largest absolute Gasteiger partial charge is 0.192 e. The van der Waals surface area contributed by atoms with Crippen LogP contribution in [0.15, 0.2) is 39.4 Å². The van der Waals surface area contributed by atoms with E-state index >= 15 is 0 Å². The van der Waals surface area contributed by atoms with Gasteiger partial charge in [-0.1, -0.05) is 0 Å². The average molecular weight is 152 g/mol. The first-order valence-corrected chi connectivity index (χ1v) is 3.36. The fraction of sp³-hybridized carbons (Fsp3) is 0.143. The quantitative estimate of drug-likeness (QED) is 0.472. The van der Waals surface area contributed by atoms with Crippen LogP contribution < -0.4 is 0 Å². The zero-order valence-electron chi connectivity index (χ0n) is 5.65. The maximum atomic E-state index is 4.13. The third-order valence-electron chi connectivity index (χ3n) is 1.07. The van der Waals surface area contributed by atoms with E-state index in [1.54, 1.807) is 7.05 Å². The van der Waals surface area contributed by atoms with Gasteiger partial charge in [-0.25, -0.2) is 0 Å². The van der Waals surface area contributed by atoms with Crippen molar-refractivity contribution in [3.05, 3.63) is 24.3 Å². The molecule has 0 aliphatic carbocycles. The zero-order chi connectivity index (χ0) is 7.40. The molecule has 0 aromatic heterocycles. The van der Waals surface area contributed by atoms with Gasteiger partial charge in [0.05, 0.1) is 5.69 Å². The molecule has 0 amide bonds.